The number of aryl methyl sites for hydroxylation is 4. The zero-order valence-corrected chi connectivity index (χ0v) is 18.4. The summed E-state index contributed by atoms with van der Waals surface area (Å²) in [5.41, 5.74) is 8.48. The molecule has 27 heavy (non-hydrogen) atoms. The summed E-state index contributed by atoms with van der Waals surface area (Å²) in [6, 6.07) is 4.41. The molecular weight excluding hydrogens is 336 g/mol. The molecule has 0 aliphatic heterocycles. The average molecular weight is 369 g/mol. The predicted octanol–water partition coefficient (Wildman–Crippen LogP) is 7.73. The van der Waals surface area contributed by atoms with E-state index in [0.717, 1.165) is 33.1 Å². The van der Waals surface area contributed by atoms with Crippen molar-refractivity contribution in [1.29, 1.82) is 0 Å². The van der Waals surface area contributed by atoms with Crippen LogP contribution in [0.25, 0.3) is 21.9 Å². The maximum atomic E-state index is 5.76. The molecule has 0 aliphatic carbocycles. The number of fused-ring (bicyclic) bond motifs is 3. The summed E-state index contributed by atoms with van der Waals surface area (Å²) in [5, 5.41) is 2.17. The zero-order valence-electron chi connectivity index (χ0n) is 18.4. The molecule has 0 atom stereocenters. The van der Waals surface area contributed by atoms with Gasteiger partial charge < -0.3 is 0 Å². The van der Waals surface area contributed by atoms with E-state index in [0.29, 0.717) is 0 Å². The largest absolute Gasteiger partial charge is 0.251 e. The van der Waals surface area contributed by atoms with Gasteiger partial charge in [-0.1, -0.05) is 58.4 Å². The van der Waals surface area contributed by atoms with E-state index in [4.69, 9.17) is 13.9 Å². The molecule has 0 unspecified atom stereocenters. The second kappa shape index (κ2) is 6.19. The minimum Gasteiger partial charge on any atom is -0.251 e. The Labute approximate surface area is 161 Å². The molecule has 0 bridgehead atoms. The Balaban J connectivity index is 2.75. The molecule has 1 heterocycles. The molecule has 0 radical (unpaired) electrons. The Kier molecular flexibility index (Phi) is 4.49. The molecule has 0 aliphatic rings. The van der Waals surface area contributed by atoms with Crippen LogP contribution in [0.2, 0.25) is 0 Å². The van der Waals surface area contributed by atoms with Crippen molar-refractivity contribution in [1.82, 2.24) is 0 Å². The first-order valence-corrected chi connectivity index (χ1v) is 9.65. The molecule has 146 valence electrons. The first-order valence-electron chi connectivity index (χ1n) is 9.65. The molecule has 0 saturated heterocycles. The lowest BCUT2D eigenvalue weighted by Gasteiger charge is -2.22. The first kappa shape index (κ1) is 19.6. The van der Waals surface area contributed by atoms with Crippen LogP contribution in [-0.4, -0.2) is 0 Å². The highest BCUT2D eigenvalue weighted by molar-refractivity contribution is 6.08. The maximum absolute atomic E-state index is 5.76. The summed E-state index contributed by atoms with van der Waals surface area (Å²) in [6.07, 6.45) is 0. The van der Waals surface area contributed by atoms with E-state index in [1.165, 1.54) is 22.3 Å². The Bertz CT molecular complexity index is 986. The van der Waals surface area contributed by atoms with E-state index in [2.05, 4.69) is 81.4 Å². The van der Waals surface area contributed by atoms with E-state index in [1.807, 2.05) is 0 Å². The van der Waals surface area contributed by atoms with E-state index < -0.39 is 0 Å². The highest BCUT2D eigenvalue weighted by atomic mass is 17.2. The SMILES string of the molecule is Cc1cc(C(C)(C)C)c2oooc3c(C(C)(C)C)cc(C)c(C)c3c2c1C. The van der Waals surface area contributed by atoms with Crippen molar-refractivity contribution < 1.29 is 13.9 Å². The lowest BCUT2D eigenvalue weighted by Crippen LogP contribution is -2.13. The van der Waals surface area contributed by atoms with Crippen LogP contribution in [0.3, 0.4) is 0 Å². The monoisotopic (exact) mass is 368 g/mol. The van der Waals surface area contributed by atoms with Crippen molar-refractivity contribution in [3.63, 3.8) is 0 Å². The van der Waals surface area contributed by atoms with E-state index in [1.54, 1.807) is 0 Å². The molecule has 3 heteroatoms. The van der Waals surface area contributed by atoms with E-state index in [9.17, 15) is 0 Å². The molecule has 0 amide bonds. The van der Waals surface area contributed by atoms with E-state index in [-0.39, 0.29) is 10.8 Å². The number of hydrogen-bond acceptors (Lipinski definition) is 3. The summed E-state index contributed by atoms with van der Waals surface area (Å²) in [7, 11) is 0. The second-order valence-electron chi connectivity index (χ2n) is 9.88. The zero-order chi connectivity index (χ0) is 20.3. The van der Waals surface area contributed by atoms with E-state index >= 15 is 0 Å². The Morgan fingerprint density at radius 3 is 1.22 bits per heavy atom. The van der Waals surface area contributed by atoms with Crippen LogP contribution in [0.15, 0.2) is 26.0 Å². The van der Waals surface area contributed by atoms with Gasteiger partial charge in [-0.3, -0.25) is 9.15 Å². The topological polar surface area (TPSA) is 39.4 Å². The fraction of sp³-hybridized carbons (Fsp3) is 0.500. The molecular formula is C24H32O3. The highest BCUT2D eigenvalue weighted by Gasteiger charge is 2.26. The molecule has 0 spiro atoms. The molecule has 0 fully saturated rings. The summed E-state index contributed by atoms with van der Waals surface area (Å²) in [6.45, 7) is 21.8. The molecule has 1 aromatic heterocycles. The molecule has 0 N–H and O–H groups in total. The standard InChI is InChI=1S/C24H32O3/c1-13-11-17(23(5,6)7)21-19(15(13)3)20-16(4)14(2)12-18(24(8,9)10)22(20)26-27-25-21/h11-12H,1-10H3. The van der Waals surface area contributed by atoms with Crippen molar-refractivity contribution >= 4 is 21.9 Å². The molecule has 2 aromatic carbocycles. The van der Waals surface area contributed by atoms with Crippen LogP contribution in [0, 0.1) is 27.7 Å². The number of hydrogen-bond donors (Lipinski definition) is 0. The lowest BCUT2D eigenvalue weighted by atomic mass is 9.81. The smallest absolute Gasteiger partial charge is 0.194 e. The summed E-state index contributed by atoms with van der Waals surface area (Å²) in [5.74, 6) is 0. The summed E-state index contributed by atoms with van der Waals surface area (Å²) in [4.78, 5) is 0. The van der Waals surface area contributed by atoms with Crippen LogP contribution in [0.5, 0.6) is 0 Å². The summed E-state index contributed by atoms with van der Waals surface area (Å²) < 4.78 is 16.8. The quantitative estimate of drug-likeness (QED) is 0.381. The fourth-order valence-electron chi connectivity index (χ4n) is 3.76. The third kappa shape index (κ3) is 3.18. The highest BCUT2D eigenvalue weighted by Crippen LogP contribution is 2.41. The summed E-state index contributed by atoms with van der Waals surface area (Å²) >= 11 is 0. The third-order valence-electron chi connectivity index (χ3n) is 5.70. The second-order valence-corrected chi connectivity index (χ2v) is 9.88. The van der Waals surface area contributed by atoms with Crippen molar-refractivity contribution in [2.75, 3.05) is 0 Å². The minimum atomic E-state index is -0.0823. The number of rotatable bonds is 0. The normalized spacial score (nSPS) is 12.8. The van der Waals surface area contributed by atoms with Crippen LogP contribution in [-0.2, 0) is 10.8 Å². The average Bonchev–Trinajstić information content (AvgIpc) is 2.72. The third-order valence-corrected chi connectivity index (χ3v) is 5.70. The van der Waals surface area contributed by atoms with Gasteiger partial charge in [0, 0.05) is 21.9 Å². The van der Waals surface area contributed by atoms with Crippen LogP contribution in [0.4, 0.5) is 0 Å². The van der Waals surface area contributed by atoms with Gasteiger partial charge in [-0.05, 0) is 60.8 Å². The van der Waals surface area contributed by atoms with Crippen LogP contribution < -0.4 is 0 Å². The van der Waals surface area contributed by atoms with Gasteiger partial charge in [0.05, 0.1) is 0 Å². The van der Waals surface area contributed by atoms with Crippen molar-refractivity contribution in [3.8, 4) is 0 Å². The molecule has 3 rings (SSSR count). The van der Waals surface area contributed by atoms with Crippen LogP contribution >= 0.6 is 0 Å². The molecule has 3 nitrogen and oxygen atoms in total. The fourth-order valence-corrected chi connectivity index (χ4v) is 3.76. The van der Waals surface area contributed by atoms with Gasteiger partial charge in [-0.2, -0.15) is 0 Å². The lowest BCUT2D eigenvalue weighted by molar-refractivity contribution is -0.157. The first-order chi connectivity index (χ1) is 12.3. The van der Waals surface area contributed by atoms with Gasteiger partial charge in [-0.25, -0.2) is 0 Å². The van der Waals surface area contributed by atoms with Gasteiger partial charge in [0.15, 0.2) is 11.2 Å². The molecule has 0 saturated carbocycles. The Hall–Kier alpha value is -2.16. The van der Waals surface area contributed by atoms with Gasteiger partial charge >= 0.3 is 0 Å². The van der Waals surface area contributed by atoms with Crippen molar-refractivity contribution in [2.24, 2.45) is 0 Å². The predicted molar refractivity (Wildman–Crippen MR) is 112 cm³/mol. The van der Waals surface area contributed by atoms with Crippen LogP contribution in [0.1, 0.15) is 74.9 Å². The van der Waals surface area contributed by atoms with Gasteiger partial charge in [0.25, 0.3) is 0 Å². The Morgan fingerprint density at radius 2 is 0.926 bits per heavy atom. The number of benzene rings is 2. The van der Waals surface area contributed by atoms with Gasteiger partial charge in [0.1, 0.15) is 0 Å². The minimum absolute atomic E-state index is 0.0823. The Morgan fingerprint density at radius 1 is 0.593 bits per heavy atom. The van der Waals surface area contributed by atoms with Crippen molar-refractivity contribution in [3.05, 3.63) is 45.5 Å². The molecule has 3 aromatic rings. The van der Waals surface area contributed by atoms with Gasteiger partial charge in [0.2, 0.25) is 0 Å². The maximum Gasteiger partial charge on any atom is 0.194 e. The van der Waals surface area contributed by atoms with Gasteiger partial charge in [-0.15, -0.1) is 0 Å². The van der Waals surface area contributed by atoms with Crippen molar-refractivity contribution in [2.45, 2.75) is 80.1 Å².